The van der Waals surface area contributed by atoms with Crippen molar-refractivity contribution in [3.63, 3.8) is 0 Å². The van der Waals surface area contributed by atoms with Crippen LogP contribution >= 0.6 is 0 Å². The van der Waals surface area contributed by atoms with Crippen molar-refractivity contribution in [3.05, 3.63) is 58.8 Å². The molecule has 0 saturated heterocycles. The molecule has 5 heteroatoms. The second kappa shape index (κ2) is 3.84. The topological polar surface area (TPSA) is 61.6 Å². The molecule has 0 spiro atoms. The van der Waals surface area contributed by atoms with E-state index in [1.165, 1.54) is 0 Å². The van der Waals surface area contributed by atoms with Gasteiger partial charge in [0.2, 0.25) is 12.5 Å². The van der Waals surface area contributed by atoms with E-state index in [-0.39, 0.29) is 18.3 Å². The van der Waals surface area contributed by atoms with Gasteiger partial charge in [-0.3, -0.25) is 4.79 Å². The summed E-state index contributed by atoms with van der Waals surface area (Å²) in [5.74, 6) is 0.700. The summed E-state index contributed by atoms with van der Waals surface area (Å²) in [6.45, 7) is 0.112. The van der Waals surface area contributed by atoms with Gasteiger partial charge in [0.05, 0.1) is 11.6 Å². The molecule has 0 N–H and O–H groups in total. The fraction of sp³-hybridized carbons (Fsp3) is 0.0667. The lowest BCUT2D eigenvalue weighted by atomic mass is 10.0. The smallest absolute Gasteiger partial charge is 0.272 e. The van der Waals surface area contributed by atoms with E-state index in [1.54, 1.807) is 36.4 Å². The number of fused-ring (bicyclic) bond motifs is 2. The zero-order chi connectivity index (χ0) is 13.7. The van der Waals surface area contributed by atoms with Crippen molar-refractivity contribution in [2.45, 2.75) is 0 Å². The van der Waals surface area contributed by atoms with E-state index in [9.17, 15) is 10.0 Å². The van der Waals surface area contributed by atoms with Crippen molar-refractivity contribution in [2.75, 3.05) is 6.79 Å². The predicted molar refractivity (Wildman–Crippen MR) is 70.7 cm³/mol. The predicted octanol–water partition coefficient (Wildman–Crippen LogP) is 2.24. The average molecular weight is 267 g/mol. The van der Waals surface area contributed by atoms with Gasteiger partial charge in [-0.15, -0.1) is 0 Å². The third-order valence-corrected chi connectivity index (χ3v) is 3.42. The minimum atomic E-state index is -0.292. The molecule has 2 aromatic rings. The number of ether oxygens (including phenoxy) is 2. The van der Waals surface area contributed by atoms with Crippen LogP contribution in [0.1, 0.15) is 15.9 Å². The Morgan fingerprint density at radius 2 is 1.75 bits per heavy atom. The second-order valence-electron chi connectivity index (χ2n) is 4.56. The first kappa shape index (κ1) is 11.0. The summed E-state index contributed by atoms with van der Waals surface area (Å²) < 4.78 is 11.1. The Morgan fingerprint density at radius 1 is 1.05 bits per heavy atom. The van der Waals surface area contributed by atoms with Gasteiger partial charge in [0, 0.05) is 6.07 Å². The average Bonchev–Trinajstić information content (AvgIpc) is 3.02. The Bertz CT molecular complexity index is 765. The first-order valence-electron chi connectivity index (χ1n) is 6.13. The molecule has 0 saturated carbocycles. The maximum atomic E-state index is 12.4. The van der Waals surface area contributed by atoms with Crippen LogP contribution in [-0.2, 0) is 0 Å². The summed E-state index contributed by atoms with van der Waals surface area (Å²) in [7, 11) is 0. The largest absolute Gasteiger partial charge is 0.618 e. The Balaban J connectivity index is 1.92. The van der Waals surface area contributed by atoms with Crippen molar-refractivity contribution < 1.29 is 19.0 Å². The molecule has 2 aliphatic heterocycles. The van der Waals surface area contributed by atoms with Gasteiger partial charge in [-0.05, 0) is 12.1 Å². The summed E-state index contributed by atoms with van der Waals surface area (Å²) in [6, 6.07) is 12.0. The Kier molecular flexibility index (Phi) is 2.12. The molecule has 0 bridgehead atoms. The van der Waals surface area contributed by atoms with Crippen LogP contribution in [0.15, 0.2) is 42.5 Å². The molecule has 2 aromatic carbocycles. The number of hydrogen-bond donors (Lipinski definition) is 0. The van der Waals surface area contributed by atoms with Crippen molar-refractivity contribution in [3.8, 4) is 11.5 Å². The van der Waals surface area contributed by atoms with Gasteiger partial charge in [-0.1, -0.05) is 18.2 Å². The van der Waals surface area contributed by atoms with Gasteiger partial charge >= 0.3 is 0 Å². The molecular weight excluding hydrogens is 258 g/mol. The summed E-state index contributed by atoms with van der Waals surface area (Å²) in [4.78, 5) is 12.4. The van der Waals surface area contributed by atoms with E-state index < -0.39 is 0 Å². The molecule has 0 amide bonds. The fourth-order valence-corrected chi connectivity index (χ4v) is 2.47. The lowest BCUT2D eigenvalue weighted by Gasteiger charge is -2.02. The zero-order valence-electron chi connectivity index (χ0n) is 10.3. The van der Waals surface area contributed by atoms with Crippen LogP contribution in [-0.4, -0.2) is 23.0 Å². The number of benzene rings is 2. The van der Waals surface area contributed by atoms with Crippen molar-refractivity contribution in [1.29, 1.82) is 0 Å². The molecule has 0 fully saturated rings. The minimum Gasteiger partial charge on any atom is -0.618 e. The molecule has 4 rings (SSSR count). The van der Waals surface area contributed by atoms with Gasteiger partial charge in [-0.2, -0.15) is 4.74 Å². The summed E-state index contributed by atoms with van der Waals surface area (Å²) in [5, 5.41) is 12.4. The highest BCUT2D eigenvalue weighted by atomic mass is 16.7. The van der Waals surface area contributed by atoms with Crippen molar-refractivity contribution in [1.82, 2.24) is 0 Å². The van der Waals surface area contributed by atoms with Gasteiger partial charge < -0.3 is 14.7 Å². The number of nitrogens with zero attached hydrogens (tertiary/aromatic N) is 1. The number of Topliss-reactive ketones (excluding diaryl/α,β-unsaturated/α-hetero) is 1. The highest BCUT2D eigenvalue weighted by molar-refractivity contribution is 6.52. The van der Waals surface area contributed by atoms with E-state index in [0.717, 1.165) is 0 Å². The van der Waals surface area contributed by atoms with Crippen LogP contribution in [0, 0.1) is 5.21 Å². The van der Waals surface area contributed by atoms with E-state index in [2.05, 4.69) is 0 Å². The summed E-state index contributed by atoms with van der Waals surface area (Å²) >= 11 is 0. The maximum absolute atomic E-state index is 12.4. The first-order valence-corrected chi connectivity index (χ1v) is 6.13. The van der Waals surface area contributed by atoms with E-state index in [1.807, 2.05) is 6.07 Å². The maximum Gasteiger partial charge on any atom is 0.272 e. The molecule has 5 nitrogen and oxygen atoms in total. The molecule has 20 heavy (non-hydrogen) atoms. The van der Waals surface area contributed by atoms with Gasteiger partial charge in [0.25, 0.3) is 11.5 Å². The number of rotatable bonds is 1. The monoisotopic (exact) mass is 267 g/mol. The molecule has 2 aliphatic rings. The lowest BCUT2D eigenvalue weighted by Crippen LogP contribution is -2.16. The third-order valence-electron chi connectivity index (χ3n) is 3.42. The van der Waals surface area contributed by atoms with Gasteiger partial charge in [0.1, 0.15) is 5.56 Å². The summed E-state index contributed by atoms with van der Waals surface area (Å²) in [6.07, 6.45) is 0. The molecular formula is C15H9NO4. The summed E-state index contributed by atoms with van der Waals surface area (Å²) in [5.41, 5.74) is 1.39. The van der Waals surface area contributed by atoms with E-state index >= 15 is 0 Å². The van der Waals surface area contributed by atoms with Crippen LogP contribution < -0.4 is 9.47 Å². The highest BCUT2D eigenvalue weighted by Gasteiger charge is 2.38. The van der Waals surface area contributed by atoms with Gasteiger partial charge in [0.15, 0.2) is 11.5 Å². The molecule has 0 unspecified atom stereocenters. The Labute approximate surface area is 114 Å². The lowest BCUT2D eigenvalue weighted by molar-refractivity contribution is -0.355. The Hall–Kier alpha value is -2.82. The van der Waals surface area contributed by atoms with E-state index in [0.29, 0.717) is 33.1 Å². The van der Waals surface area contributed by atoms with Crippen LogP contribution in [0.25, 0.3) is 0 Å². The van der Waals surface area contributed by atoms with Crippen LogP contribution in [0.5, 0.6) is 11.5 Å². The molecule has 2 heterocycles. The van der Waals surface area contributed by atoms with Crippen LogP contribution in [0.3, 0.4) is 0 Å². The Morgan fingerprint density at radius 3 is 2.50 bits per heavy atom. The molecule has 0 aliphatic carbocycles. The zero-order valence-corrected chi connectivity index (χ0v) is 10.3. The van der Waals surface area contributed by atoms with Crippen molar-refractivity contribution in [2.24, 2.45) is 0 Å². The molecule has 0 aromatic heterocycles. The highest BCUT2D eigenvalue weighted by Crippen LogP contribution is 2.40. The third kappa shape index (κ3) is 1.37. The van der Waals surface area contributed by atoms with Gasteiger partial charge in [-0.25, -0.2) is 0 Å². The van der Waals surface area contributed by atoms with Crippen LogP contribution in [0.2, 0.25) is 0 Å². The number of hydrogen-bond acceptors (Lipinski definition) is 4. The SMILES string of the molecule is O=C1C(c2ccccc2)=[N+]([O-])c2cc3c(cc21)OCO3. The quantitative estimate of drug-likeness (QED) is 0.587. The minimum absolute atomic E-state index is 0.112. The fourth-order valence-electron chi connectivity index (χ4n) is 2.47. The normalized spacial score (nSPS) is 15.7. The van der Waals surface area contributed by atoms with E-state index in [4.69, 9.17) is 9.47 Å². The second-order valence-corrected chi connectivity index (χ2v) is 4.56. The number of ketones is 1. The number of carbonyl (C=O) groups is 1. The first-order chi connectivity index (χ1) is 9.75. The van der Waals surface area contributed by atoms with Crippen molar-refractivity contribution >= 4 is 17.2 Å². The molecule has 0 atom stereocenters. The molecule has 0 radical (unpaired) electrons. The standard InChI is InChI=1S/C15H9NO4/c17-15-10-6-12-13(20-8-19-12)7-11(10)16(18)14(15)9-4-2-1-3-5-9/h1-7H,8H2. The molecule has 98 valence electrons. The number of carbonyl (C=O) groups excluding carboxylic acids is 1. The van der Waals surface area contributed by atoms with Crippen LogP contribution in [0.4, 0.5) is 5.69 Å².